The summed E-state index contributed by atoms with van der Waals surface area (Å²) < 4.78 is 14.7. The molecule has 1 aromatic carbocycles. The van der Waals surface area contributed by atoms with Gasteiger partial charge >= 0.3 is 0 Å². The van der Waals surface area contributed by atoms with Gasteiger partial charge in [0, 0.05) is 29.5 Å². The van der Waals surface area contributed by atoms with Crippen LogP contribution in [-0.4, -0.2) is 25.6 Å². The number of hydrogen-bond donors (Lipinski definition) is 2. The molecule has 0 fully saturated rings. The Balaban J connectivity index is 2.14. The summed E-state index contributed by atoms with van der Waals surface area (Å²) >= 11 is 12.5. The zero-order valence-electron chi connectivity index (χ0n) is 15.6. The summed E-state index contributed by atoms with van der Waals surface area (Å²) in [5, 5.41) is 13.8. The van der Waals surface area contributed by atoms with Gasteiger partial charge in [-0.1, -0.05) is 29.8 Å². The van der Waals surface area contributed by atoms with Gasteiger partial charge in [0.2, 0.25) is 0 Å². The molecule has 0 saturated heterocycles. The highest BCUT2D eigenvalue weighted by Crippen LogP contribution is 2.35. The molecule has 0 bridgehead atoms. The fraction of sp³-hybridized carbons (Fsp3) is 0.250. The van der Waals surface area contributed by atoms with Crippen LogP contribution in [0.3, 0.4) is 0 Å². The predicted molar refractivity (Wildman–Crippen MR) is 111 cm³/mol. The lowest BCUT2D eigenvalue weighted by atomic mass is 10.0. The van der Waals surface area contributed by atoms with E-state index in [-0.39, 0.29) is 11.3 Å². The molecular formula is C20H19Cl2FN4O. The molecule has 3 aromatic rings. The van der Waals surface area contributed by atoms with Crippen molar-refractivity contribution in [2.45, 2.75) is 31.9 Å². The first-order chi connectivity index (χ1) is 13.1. The number of hydrogen-bond acceptors (Lipinski definition) is 5. The second-order valence-corrected chi connectivity index (χ2v) is 7.89. The number of aliphatic hydroxyl groups is 1. The molecule has 8 heteroatoms. The van der Waals surface area contributed by atoms with Gasteiger partial charge in [-0.05, 0) is 44.0 Å². The Morgan fingerprint density at radius 1 is 1.18 bits per heavy atom. The van der Waals surface area contributed by atoms with Crippen LogP contribution in [0.4, 0.5) is 10.1 Å². The molecule has 2 N–H and O–H groups in total. The first kappa shape index (κ1) is 20.5. The van der Waals surface area contributed by atoms with Crippen molar-refractivity contribution in [3.8, 4) is 11.1 Å². The number of benzene rings is 1. The van der Waals surface area contributed by atoms with Crippen molar-refractivity contribution < 1.29 is 9.50 Å². The van der Waals surface area contributed by atoms with E-state index in [2.05, 4.69) is 26.8 Å². The fourth-order valence-corrected chi connectivity index (χ4v) is 2.91. The summed E-state index contributed by atoms with van der Waals surface area (Å²) in [6.07, 6.45) is 4.44. The van der Waals surface area contributed by atoms with Crippen molar-refractivity contribution in [1.82, 2.24) is 15.0 Å². The maximum absolute atomic E-state index is 14.7. The lowest BCUT2D eigenvalue weighted by Gasteiger charge is -2.17. The summed E-state index contributed by atoms with van der Waals surface area (Å²) in [5.41, 5.74) is 0.696. The number of halogens is 3. The molecule has 1 unspecified atom stereocenters. The number of pyridine rings is 1. The SMILES string of the molecule is C=C(C)C(Cl)Nc1c(Cl)cnc2c(F)cc(-c3cnc(C(C)(C)O)nc3)cc12. The molecule has 0 aliphatic rings. The van der Waals surface area contributed by atoms with Crippen LogP contribution in [0.2, 0.25) is 5.02 Å². The summed E-state index contributed by atoms with van der Waals surface area (Å²) in [4.78, 5) is 12.4. The third-order valence-electron chi connectivity index (χ3n) is 4.11. The van der Waals surface area contributed by atoms with Crippen LogP contribution >= 0.6 is 23.2 Å². The number of anilines is 1. The van der Waals surface area contributed by atoms with Crippen molar-refractivity contribution in [3.63, 3.8) is 0 Å². The molecule has 2 aromatic heterocycles. The standard InChI is InChI=1S/C20H19Cl2FN4O/c1-10(2)18(22)27-16-13-5-11(6-15(23)17(13)24-9-14(16)21)12-7-25-19(26-8-12)20(3,4)28/h5-9,18,28H,1H2,2-4H3,(H,24,27). The number of alkyl halides is 1. The van der Waals surface area contributed by atoms with Gasteiger partial charge in [0.05, 0.1) is 10.7 Å². The molecule has 0 spiro atoms. The van der Waals surface area contributed by atoms with Crippen molar-refractivity contribution in [3.05, 3.63) is 59.5 Å². The molecule has 3 rings (SSSR count). The van der Waals surface area contributed by atoms with Gasteiger partial charge in [0.1, 0.15) is 22.4 Å². The molecule has 0 radical (unpaired) electrons. The minimum Gasteiger partial charge on any atom is -0.382 e. The van der Waals surface area contributed by atoms with Crippen LogP contribution in [0.5, 0.6) is 0 Å². The van der Waals surface area contributed by atoms with E-state index in [0.717, 1.165) is 0 Å². The third kappa shape index (κ3) is 4.09. The highest BCUT2D eigenvalue weighted by molar-refractivity contribution is 6.35. The maximum atomic E-state index is 14.7. The molecule has 0 saturated carbocycles. The van der Waals surface area contributed by atoms with E-state index in [9.17, 15) is 9.50 Å². The zero-order chi connectivity index (χ0) is 20.6. The molecule has 146 valence electrons. The Morgan fingerprint density at radius 3 is 2.39 bits per heavy atom. The minimum atomic E-state index is -1.17. The van der Waals surface area contributed by atoms with Crippen molar-refractivity contribution in [2.24, 2.45) is 0 Å². The highest BCUT2D eigenvalue weighted by Gasteiger charge is 2.20. The van der Waals surface area contributed by atoms with Gasteiger partial charge in [0.25, 0.3) is 0 Å². The normalized spacial score (nSPS) is 12.8. The van der Waals surface area contributed by atoms with Crippen molar-refractivity contribution >= 4 is 39.8 Å². The summed E-state index contributed by atoms with van der Waals surface area (Å²) in [6, 6.07) is 3.09. The topological polar surface area (TPSA) is 70.9 Å². The minimum absolute atomic E-state index is 0.162. The fourth-order valence-electron chi connectivity index (χ4n) is 2.59. The molecule has 0 aliphatic heterocycles. The first-order valence-corrected chi connectivity index (χ1v) is 9.28. The van der Waals surface area contributed by atoms with Crippen LogP contribution in [-0.2, 0) is 5.60 Å². The van der Waals surface area contributed by atoms with Crippen LogP contribution in [0, 0.1) is 5.82 Å². The van der Waals surface area contributed by atoms with Crippen LogP contribution < -0.4 is 5.32 Å². The number of nitrogens with zero attached hydrogens (tertiary/aromatic N) is 3. The van der Waals surface area contributed by atoms with Gasteiger partial charge in [-0.2, -0.15) is 0 Å². The van der Waals surface area contributed by atoms with Crippen LogP contribution in [0.25, 0.3) is 22.0 Å². The summed E-state index contributed by atoms with van der Waals surface area (Å²) in [5.74, 6) is -0.240. The Morgan fingerprint density at radius 2 is 1.82 bits per heavy atom. The summed E-state index contributed by atoms with van der Waals surface area (Å²) in [6.45, 7) is 8.76. The lowest BCUT2D eigenvalue weighted by Crippen LogP contribution is -2.19. The van der Waals surface area contributed by atoms with Crippen molar-refractivity contribution in [1.29, 1.82) is 0 Å². The quantitative estimate of drug-likeness (QED) is 0.334. The largest absolute Gasteiger partial charge is 0.382 e. The molecule has 1 atom stereocenters. The van der Waals surface area contributed by atoms with Gasteiger partial charge in [-0.15, -0.1) is 0 Å². The van der Waals surface area contributed by atoms with E-state index in [1.165, 1.54) is 24.7 Å². The van der Waals surface area contributed by atoms with Crippen molar-refractivity contribution in [2.75, 3.05) is 5.32 Å². The average molecular weight is 421 g/mol. The molecule has 28 heavy (non-hydrogen) atoms. The van der Waals surface area contributed by atoms with E-state index < -0.39 is 16.9 Å². The van der Waals surface area contributed by atoms with E-state index in [1.807, 2.05) is 0 Å². The Labute approximate surface area is 172 Å². The molecule has 5 nitrogen and oxygen atoms in total. The Hall–Kier alpha value is -2.28. The second-order valence-electron chi connectivity index (χ2n) is 7.04. The zero-order valence-corrected chi connectivity index (χ0v) is 17.1. The molecular weight excluding hydrogens is 402 g/mol. The Kier molecular flexibility index (Phi) is 5.57. The maximum Gasteiger partial charge on any atom is 0.159 e. The molecule has 0 aliphatic carbocycles. The third-order valence-corrected chi connectivity index (χ3v) is 4.88. The number of fused-ring (bicyclic) bond motifs is 1. The van der Waals surface area contributed by atoms with Crippen LogP contribution in [0.1, 0.15) is 26.6 Å². The van der Waals surface area contributed by atoms with E-state index in [4.69, 9.17) is 23.2 Å². The highest BCUT2D eigenvalue weighted by atomic mass is 35.5. The number of nitrogens with one attached hydrogen (secondary N) is 1. The predicted octanol–water partition coefficient (Wildman–Crippen LogP) is 5.26. The van der Waals surface area contributed by atoms with E-state index in [1.54, 1.807) is 26.8 Å². The van der Waals surface area contributed by atoms with Gasteiger partial charge in [-0.3, -0.25) is 4.98 Å². The molecule has 2 heterocycles. The lowest BCUT2D eigenvalue weighted by molar-refractivity contribution is 0.0687. The first-order valence-electron chi connectivity index (χ1n) is 8.47. The monoisotopic (exact) mass is 420 g/mol. The van der Waals surface area contributed by atoms with E-state index in [0.29, 0.717) is 32.8 Å². The van der Waals surface area contributed by atoms with Gasteiger partial charge < -0.3 is 10.4 Å². The van der Waals surface area contributed by atoms with Gasteiger partial charge in [0.15, 0.2) is 5.82 Å². The number of rotatable bonds is 5. The summed E-state index contributed by atoms with van der Waals surface area (Å²) in [7, 11) is 0. The molecule has 0 amide bonds. The number of aromatic nitrogens is 3. The smallest absolute Gasteiger partial charge is 0.159 e. The van der Waals surface area contributed by atoms with Crippen LogP contribution in [0.15, 0.2) is 42.9 Å². The van der Waals surface area contributed by atoms with Gasteiger partial charge in [-0.25, -0.2) is 14.4 Å². The Bertz CT molecular complexity index is 1050. The average Bonchev–Trinajstić information content (AvgIpc) is 2.63. The van der Waals surface area contributed by atoms with E-state index >= 15 is 0 Å². The second kappa shape index (κ2) is 7.62.